The van der Waals surface area contributed by atoms with Gasteiger partial charge in [-0.15, -0.1) is 11.3 Å². The minimum atomic E-state index is -0.564. The number of furan rings is 1. The van der Waals surface area contributed by atoms with Crippen LogP contribution < -0.4 is 5.56 Å². The highest BCUT2D eigenvalue weighted by Gasteiger charge is 2.28. The van der Waals surface area contributed by atoms with Crippen LogP contribution in [-0.4, -0.2) is 34.0 Å². The maximum atomic E-state index is 12.6. The lowest BCUT2D eigenvalue weighted by Gasteiger charge is -2.22. The number of nitrogens with one attached hydrogen (secondary N) is 1. The van der Waals surface area contributed by atoms with Crippen molar-refractivity contribution in [2.45, 2.75) is 39.3 Å². The molecule has 4 rings (SSSR count). The minimum Gasteiger partial charge on any atom is -0.462 e. The molecule has 3 aromatic rings. The largest absolute Gasteiger partial charge is 0.462 e. The van der Waals surface area contributed by atoms with E-state index in [0.717, 1.165) is 19.4 Å². The Hall–Kier alpha value is -2.45. The Labute approximate surface area is 160 Å². The monoisotopic (exact) mass is 387 g/mol. The van der Waals surface area contributed by atoms with Crippen LogP contribution in [0, 0.1) is 6.92 Å². The van der Waals surface area contributed by atoms with Crippen LogP contribution in [-0.2, 0) is 11.3 Å². The van der Waals surface area contributed by atoms with E-state index in [1.54, 1.807) is 25.2 Å². The van der Waals surface area contributed by atoms with E-state index in [9.17, 15) is 9.59 Å². The molecule has 0 radical (unpaired) electrons. The van der Waals surface area contributed by atoms with Crippen LogP contribution in [0.25, 0.3) is 11.1 Å². The number of aromatic nitrogens is 2. The summed E-state index contributed by atoms with van der Waals surface area (Å²) in [6.07, 6.45) is 2.21. The molecule has 0 aromatic carbocycles. The van der Waals surface area contributed by atoms with E-state index < -0.39 is 5.97 Å². The first-order chi connectivity index (χ1) is 13.1. The number of thiophene rings is 1. The zero-order chi connectivity index (χ0) is 19.0. The quantitative estimate of drug-likeness (QED) is 0.675. The first kappa shape index (κ1) is 17.9. The van der Waals surface area contributed by atoms with Crippen LogP contribution in [0.4, 0.5) is 0 Å². The highest BCUT2D eigenvalue weighted by molar-refractivity contribution is 7.10. The number of aromatic amines is 1. The van der Waals surface area contributed by atoms with Crippen molar-refractivity contribution < 1.29 is 13.9 Å². The van der Waals surface area contributed by atoms with E-state index in [1.165, 1.54) is 4.88 Å². The van der Waals surface area contributed by atoms with Gasteiger partial charge in [-0.05, 0) is 44.7 Å². The molecular weight excluding hydrogens is 366 g/mol. The van der Waals surface area contributed by atoms with Crippen LogP contribution >= 0.6 is 11.3 Å². The molecule has 1 atom stereocenters. The number of carbonyl (C=O) groups excluding carboxylic acids is 1. The third kappa shape index (κ3) is 3.30. The zero-order valence-corrected chi connectivity index (χ0v) is 16.1. The summed E-state index contributed by atoms with van der Waals surface area (Å²) in [6, 6.07) is 4.55. The average molecular weight is 387 g/mol. The van der Waals surface area contributed by atoms with Crippen LogP contribution in [0.3, 0.4) is 0 Å². The third-order valence-electron chi connectivity index (χ3n) is 4.85. The molecule has 0 aliphatic carbocycles. The van der Waals surface area contributed by atoms with Gasteiger partial charge in [0.05, 0.1) is 13.2 Å². The molecular formula is C19H21N3O4S. The second-order valence-electron chi connectivity index (χ2n) is 6.59. The van der Waals surface area contributed by atoms with E-state index >= 15 is 0 Å². The van der Waals surface area contributed by atoms with Crippen LogP contribution in [0.5, 0.6) is 0 Å². The van der Waals surface area contributed by atoms with Crippen LogP contribution in [0.1, 0.15) is 52.6 Å². The van der Waals surface area contributed by atoms with Crippen molar-refractivity contribution in [2.75, 3.05) is 13.2 Å². The van der Waals surface area contributed by atoms with Gasteiger partial charge in [-0.1, -0.05) is 6.07 Å². The van der Waals surface area contributed by atoms with Gasteiger partial charge in [-0.2, -0.15) is 4.98 Å². The summed E-state index contributed by atoms with van der Waals surface area (Å²) < 4.78 is 10.6. The molecule has 1 aliphatic rings. The minimum absolute atomic E-state index is 0.157. The van der Waals surface area contributed by atoms with E-state index in [1.807, 2.05) is 0 Å². The second-order valence-corrected chi connectivity index (χ2v) is 7.57. The second kappa shape index (κ2) is 7.28. The van der Waals surface area contributed by atoms with E-state index in [2.05, 4.69) is 32.4 Å². The van der Waals surface area contributed by atoms with Gasteiger partial charge in [0.1, 0.15) is 22.5 Å². The summed E-state index contributed by atoms with van der Waals surface area (Å²) in [5.41, 5.74) is -0.0345. The highest BCUT2D eigenvalue weighted by atomic mass is 32.1. The van der Waals surface area contributed by atoms with Gasteiger partial charge >= 0.3 is 5.97 Å². The van der Waals surface area contributed by atoms with Gasteiger partial charge in [-0.3, -0.25) is 9.69 Å². The molecule has 1 unspecified atom stereocenters. The van der Waals surface area contributed by atoms with Gasteiger partial charge < -0.3 is 14.1 Å². The van der Waals surface area contributed by atoms with Crippen molar-refractivity contribution in [1.82, 2.24) is 14.9 Å². The number of aryl methyl sites for hydroxylation is 1. The highest BCUT2D eigenvalue weighted by Crippen LogP contribution is 2.35. The van der Waals surface area contributed by atoms with Gasteiger partial charge in [-0.25, -0.2) is 4.79 Å². The van der Waals surface area contributed by atoms with Crippen molar-refractivity contribution >= 4 is 28.4 Å². The number of fused-ring (bicyclic) bond motifs is 1. The molecule has 3 aromatic heterocycles. The Kier molecular flexibility index (Phi) is 4.84. The number of carbonyl (C=O) groups is 1. The molecule has 1 aliphatic heterocycles. The lowest BCUT2D eigenvalue weighted by molar-refractivity contribution is 0.0526. The van der Waals surface area contributed by atoms with E-state index in [4.69, 9.17) is 9.15 Å². The number of hydrogen-bond donors (Lipinski definition) is 1. The van der Waals surface area contributed by atoms with Crippen molar-refractivity contribution in [3.05, 3.63) is 49.9 Å². The van der Waals surface area contributed by atoms with Crippen molar-refractivity contribution in [3.8, 4) is 0 Å². The van der Waals surface area contributed by atoms with Gasteiger partial charge in [0.2, 0.25) is 5.71 Å². The fourth-order valence-corrected chi connectivity index (χ4v) is 4.59. The number of esters is 1. The Balaban J connectivity index is 1.66. The summed E-state index contributed by atoms with van der Waals surface area (Å²) in [5.74, 6) is 0.322. The fraction of sp³-hybridized carbons (Fsp3) is 0.421. The molecule has 1 saturated heterocycles. The predicted octanol–water partition coefficient (Wildman–Crippen LogP) is 3.40. The van der Waals surface area contributed by atoms with Crippen molar-refractivity contribution in [2.24, 2.45) is 0 Å². The molecule has 1 fully saturated rings. The number of hydrogen-bond acceptors (Lipinski definition) is 7. The SMILES string of the molecule is CCOC(=O)c1c(C)oc2nc(CN3CCCC3c3cccs3)[nH]c(=O)c12. The lowest BCUT2D eigenvalue weighted by Crippen LogP contribution is -2.25. The first-order valence-electron chi connectivity index (χ1n) is 9.05. The van der Waals surface area contributed by atoms with Gasteiger partial charge in [0.25, 0.3) is 5.56 Å². The summed E-state index contributed by atoms with van der Waals surface area (Å²) in [7, 11) is 0. The fourth-order valence-electron chi connectivity index (χ4n) is 3.70. The molecule has 0 amide bonds. The summed E-state index contributed by atoms with van der Waals surface area (Å²) in [5, 5.41) is 2.24. The summed E-state index contributed by atoms with van der Waals surface area (Å²) in [6.45, 7) is 5.07. The smallest absolute Gasteiger partial charge is 0.342 e. The average Bonchev–Trinajstić information content (AvgIpc) is 3.34. The topological polar surface area (TPSA) is 88.4 Å². The van der Waals surface area contributed by atoms with Crippen LogP contribution in [0.2, 0.25) is 0 Å². The number of likely N-dealkylation sites (tertiary alicyclic amines) is 1. The predicted molar refractivity (Wildman–Crippen MR) is 102 cm³/mol. The molecule has 1 N–H and O–H groups in total. The van der Waals surface area contributed by atoms with E-state index in [0.29, 0.717) is 24.2 Å². The molecule has 142 valence electrons. The number of rotatable bonds is 5. The molecule has 0 spiro atoms. The third-order valence-corrected chi connectivity index (χ3v) is 5.83. The lowest BCUT2D eigenvalue weighted by atomic mass is 10.2. The Morgan fingerprint density at radius 2 is 2.37 bits per heavy atom. The summed E-state index contributed by atoms with van der Waals surface area (Å²) in [4.78, 5) is 35.7. The Morgan fingerprint density at radius 3 is 3.11 bits per heavy atom. The zero-order valence-electron chi connectivity index (χ0n) is 15.3. The molecule has 27 heavy (non-hydrogen) atoms. The van der Waals surface area contributed by atoms with Crippen molar-refractivity contribution in [3.63, 3.8) is 0 Å². The first-order valence-corrected chi connectivity index (χ1v) is 9.93. The van der Waals surface area contributed by atoms with Crippen LogP contribution in [0.15, 0.2) is 26.7 Å². The molecule has 7 nitrogen and oxygen atoms in total. The number of nitrogens with zero attached hydrogens (tertiary/aromatic N) is 2. The maximum absolute atomic E-state index is 12.6. The standard InChI is InChI=1S/C19H21N3O4S/c1-3-25-19(24)15-11(2)26-18-16(15)17(23)20-14(21-18)10-22-8-4-6-12(22)13-7-5-9-27-13/h5,7,9,12H,3-4,6,8,10H2,1-2H3,(H,20,21,23). The Bertz CT molecular complexity index is 1020. The Morgan fingerprint density at radius 1 is 1.52 bits per heavy atom. The van der Waals surface area contributed by atoms with Gasteiger partial charge in [0, 0.05) is 10.9 Å². The molecule has 4 heterocycles. The molecule has 8 heteroatoms. The van der Waals surface area contributed by atoms with E-state index in [-0.39, 0.29) is 28.8 Å². The molecule has 0 saturated carbocycles. The van der Waals surface area contributed by atoms with Gasteiger partial charge in [0.15, 0.2) is 0 Å². The normalized spacial score (nSPS) is 17.6. The maximum Gasteiger partial charge on any atom is 0.342 e. The summed E-state index contributed by atoms with van der Waals surface area (Å²) >= 11 is 1.75. The van der Waals surface area contributed by atoms with Crippen molar-refractivity contribution in [1.29, 1.82) is 0 Å². The number of H-pyrrole nitrogens is 1. The number of ether oxygens (including phenoxy) is 1. The molecule has 0 bridgehead atoms.